The molecular weight excluding hydrogens is 380 g/mol. The number of likely N-dealkylation sites (tertiary alicyclic amines) is 1. The predicted octanol–water partition coefficient (Wildman–Crippen LogP) is 3.35. The standard InChI is InChI=1S/C23H30N4O3/c1-4-30-21-11-9-20(10-12-21)27-17(2)15-19(18(27)3)16-24-25-22(28)23(29)26-13-7-5-6-8-14-26/h9-12,15-16H,4-8,13-14H2,1-3H3,(H,25,28)/b24-16-. The van der Waals surface area contributed by atoms with Crippen LogP contribution in [0.2, 0.25) is 0 Å². The quantitative estimate of drug-likeness (QED) is 0.467. The molecule has 0 bridgehead atoms. The van der Waals surface area contributed by atoms with E-state index in [2.05, 4.69) is 15.1 Å². The summed E-state index contributed by atoms with van der Waals surface area (Å²) in [4.78, 5) is 26.1. The molecule has 1 N–H and O–H groups in total. The highest BCUT2D eigenvalue weighted by atomic mass is 16.5. The third-order valence-electron chi connectivity index (χ3n) is 5.33. The van der Waals surface area contributed by atoms with Crippen molar-refractivity contribution in [1.29, 1.82) is 0 Å². The number of benzene rings is 1. The van der Waals surface area contributed by atoms with Gasteiger partial charge in [0.05, 0.1) is 12.8 Å². The third kappa shape index (κ3) is 5.09. The number of aromatic nitrogens is 1. The van der Waals surface area contributed by atoms with Gasteiger partial charge >= 0.3 is 11.8 Å². The maximum Gasteiger partial charge on any atom is 0.329 e. The van der Waals surface area contributed by atoms with Crippen LogP contribution in [0.25, 0.3) is 5.69 Å². The zero-order valence-electron chi connectivity index (χ0n) is 18.0. The molecule has 2 heterocycles. The number of carbonyl (C=O) groups is 2. The van der Waals surface area contributed by atoms with Gasteiger partial charge in [-0.05, 0) is 63.9 Å². The van der Waals surface area contributed by atoms with Crippen LogP contribution in [-0.2, 0) is 9.59 Å². The Hall–Kier alpha value is -3.09. The van der Waals surface area contributed by atoms with Crippen LogP contribution in [0.15, 0.2) is 35.4 Å². The van der Waals surface area contributed by atoms with E-state index in [1.165, 1.54) is 0 Å². The van der Waals surface area contributed by atoms with Crippen LogP contribution in [0.1, 0.15) is 49.6 Å². The molecule has 30 heavy (non-hydrogen) atoms. The molecule has 0 atom stereocenters. The summed E-state index contributed by atoms with van der Waals surface area (Å²) in [6, 6.07) is 9.90. The first-order chi connectivity index (χ1) is 14.5. The molecule has 1 saturated heterocycles. The number of hydrazone groups is 1. The maximum absolute atomic E-state index is 12.3. The highest BCUT2D eigenvalue weighted by Crippen LogP contribution is 2.22. The maximum atomic E-state index is 12.3. The summed E-state index contributed by atoms with van der Waals surface area (Å²) in [5.74, 6) is -0.357. The van der Waals surface area contributed by atoms with Crippen molar-refractivity contribution in [2.24, 2.45) is 5.10 Å². The molecule has 0 unspecified atom stereocenters. The van der Waals surface area contributed by atoms with Gasteiger partial charge in [-0.25, -0.2) is 5.43 Å². The zero-order chi connectivity index (χ0) is 21.5. The molecule has 2 amide bonds. The van der Waals surface area contributed by atoms with Crippen molar-refractivity contribution in [1.82, 2.24) is 14.9 Å². The van der Waals surface area contributed by atoms with E-state index in [1.54, 1.807) is 11.1 Å². The van der Waals surface area contributed by atoms with Crippen molar-refractivity contribution in [3.8, 4) is 11.4 Å². The van der Waals surface area contributed by atoms with E-state index < -0.39 is 11.8 Å². The lowest BCUT2D eigenvalue weighted by Gasteiger charge is -2.18. The fourth-order valence-corrected chi connectivity index (χ4v) is 3.80. The highest BCUT2D eigenvalue weighted by molar-refractivity contribution is 6.35. The fourth-order valence-electron chi connectivity index (χ4n) is 3.80. The zero-order valence-corrected chi connectivity index (χ0v) is 18.0. The van der Waals surface area contributed by atoms with Crippen molar-refractivity contribution < 1.29 is 14.3 Å². The fraction of sp³-hybridized carbons (Fsp3) is 0.435. The Balaban J connectivity index is 1.66. The Morgan fingerprint density at radius 2 is 1.77 bits per heavy atom. The molecule has 0 spiro atoms. The Morgan fingerprint density at radius 1 is 1.10 bits per heavy atom. The second kappa shape index (κ2) is 10.1. The van der Waals surface area contributed by atoms with Gasteiger partial charge in [0.15, 0.2) is 0 Å². The van der Waals surface area contributed by atoms with E-state index in [0.717, 1.165) is 54.1 Å². The van der Waals surface area contributed by atoms with E-state index in [-0.39, 0.29) is 0 Å². The van der Waals surface area contributed by atoms with Crippen molar-refractivity contribution in [3.63, 3.8) is 0 Å². The number of hydrogen-bond donors (Lipinski definition) is 1. The van der Waals surface area contributed by atoms with E-state index >= 15 is 0 Å². The van der Waals surface area contributed by atoms with Crippen molar-refractivity contribution in [2.45, 2.75) is 46.5 Å². The second-order valence-corrected chi connectivity index (χ2v) is 7.49. The van der Waals surface area contributed by atoms with Crippen LogP contribution < -0.4 is 10.2 Å². The first kappa shape index (κ1) is 21.6. The molecule has 1 aliphatic heterocycles. The van der Waals surface area contributed by atoms with Gasteiger partial charge in [0.2, 0.25) is 0 Å². The third-order valence-corrected chi connectivity index (χ3v) is 5.33. The Labute approximate surface area is 177 Å². The van der Waals surface area contributed by atoms with Crippen LogP contribution in [0.4, 0.5) is 0 Å². The minimum Gasteiger partial charge on any atom is -0.494 e. The molecule has 1 aliphatic rings. The molecule has 1 aromatic carbocycles. The van der Waals surface area contributed by atoms with Gasteiger partial charge in [0.25, 0.3) is 0 Å². The Kier molecular flexibility index (Phi) is 7.27. The smallest absolute Gasteiger partial charge is 0.329 e. The van der Waals surface area contributed by atoms with Crippen LogP contribution in [0.5, 0.6) is 5.75 Å². The number of carbonyl (C=O) groups excluding carboxylic acids is 2. The molecule has 0 saturated carbocycles. The van der Waals surface area contributed by atoms with Gasteiger partial charge in [-0.2, -0.15) is 5.10 Å². The largest absolute Gasteiger partial charge is 0.494 e. The van der Waals surface area contributed by atoms with E-state index in [1.807, 2.05) is 51.1 Å². The number of aryl methyl sites for hydroxylation is 1. The summed E-state index contributed by atoms with van der Waals surface area (Å²) in [7, 11) is 0. The first-order valence-corrected chi connectivity index (χ1v) is 10.6. The summed E-state index contributed by atoms with van der Waals surface area (Å²) in [6.45, 7) is 7.88. The van der Waals surface area contributed by atoms with E-state index in [0.29, 0.717) is 19.7 Å². The molecule has 1 fully saturated rings. The summed E-state index contributed by atoms with van der Waals surface area (Å²) in [5.41, 5.74) is 6.32. The average Bonchev–Trinajstić information content (AvgIpc) is 2.92. The van der Waals surface area contributed by atoms with E-state index in [4.69, 9.17) is 4.74 Å². The van der Waals surface area contributed by atoms with Gasteiger partial charge in [-0.15, -0.1) is 0 Å². The van der Waals surface area contributed by atoms with Gasteiger partial charge in [-0.1, -0.05) is 12.8 Å². The van der Waals surface area contributed by atoms with Crippen LogP contribution >= 0.6 is 0 Å². The molecule has 3 rings (SSSR count). The second-order valence-electron chi connectivity index (χ2n) is 7.49. The average molecular weight is 411 g/mol. The number of rotatable bonds is 5. The summed E-state index contributed by atoms with van der Waals surface area (Å²) < 4.78 is 7.62. The summed E-state index contributed by atoms with van der Waals surface area (Å²) in [6.07, 6.45) is 5.68. The molecule has 0 aliphatic carbocycles. The van der Waals surface area contributed by atoms with Crippen molar-refractivity contribution in [3.05, 3.63) is 47.3 Å². The lowest BCUT2D eigenvalue weighted by molar-refractivity contribution is -0.145. The van der Waals surface area contributed by atoms with Gasteiger partial charge in [-0.3, -0.25) is 9.59 Å². The monoisotopic (exact) mass is 410 g/mol. The molecule has 7 heteroatoms. The van der Waals surface area contributed by atoms with E-state index in [9.17, 15) is 9.59 Å². The van der Waals surface area contributed by atoms with Crippen molar-refractivity contribution in [2.75, 3.05) is 19.7 Å². The summed E-state index contributed by atoms with van der Waals surface area (Å²) >= 11 is 0. The lowest BCUT2D eigenvalue weighted by Crippen LogP contribution is -2.41. The molecule has 0 radical (unpaired) electrons. The number of nitrogens with zero attached hydrogens (tertiary/aromatic N) is 3. The molecule has 1 aromatic heterocycles. The SMILES string of the molecule is CCOc1ccc(-n2c(C)cc(/C=N\NC(=O)C(=O)N3CCCCCC3)c2C)cc1. The number of ether oxygens (including phenoxy) is 1. The van der Waals surface area contributed by atoms with Gasteiger partial charge in [0, 0.05) is 35.7 Å². The molecule has 160 valence electrons. The number of nitrogens with one attached hydrogen (secondary N) is 1. The number of amides is 2. The molecule has 2 aromatic rings. The minimum atomic E-state index is -0.687. The topological polar surface area (TPSA) is 75.9 Å². The normalized spacial score (nSPS) is 14.6. The van der Waals surface area contributed by atoms with Gasteiger partial charge in [0.1, 0.15) is 5.75 Å². The van der Waals surface area contributed by atoms with Crippen molar-refractivity contribution >= 4 is 18.0 Å². The molecule has 7 nitrogen and oxygen atoms in total. The lowest BCUT2D eigenvalue weighted by atomic mass is 10.2. The van der Waals surface area contributed by atoms with Gasteiger partial charge < -0.3 is 14.2 Å². The number of hydrogen-bond acceptors (Lipinski definition) is 4. The summed E-state index contributed by atoms with van der Waals surface area (Å²) in [5, 5.41) is 4.02. The highest BCUT2D eigenvalue weighted by Gasteiger charge is 2.22. The van der Waals surface area contributed by atoms with Crippen LogP contribution in [0.3, 0.4) is 0 Å². The minimum absolute atomic E-state index is 0.506. The molecular formula is C23H30N4O3. The Bertz CT molecular complexity index is 907. The Morgan fingerprint density at radius 3 is 2.40 bits per heavy atom. The first-order valence-electron chi connectivity index (χ1n) is 10.6. The van der Waals surface area contributed by atoms with Crippen LogP contribution in [-0.4, -0.2) is 47.2 Å². The van der Waals surface area contributed by atoms with Crippen LogP contribution in [0, 0.1) is 13.8 Å². The predicted molar refractivity (Wildman–Crippen MR) is 117 cm³/mol.